The van der Waals surface area contributed by atoms with Crippen molar-refractivity contribution in [3.63, 3.8) is 0 Å². The molecule has 2 atom stereocenters. The van der Waals surface area contributed by atoms with E-state index in [2.05, 4.69) is 10.6 Å². The molecule has 0 unspecified atom stereocenters. The fraction of sp³-hybridized carbons (Fsp3) is 0.750. The topological polar surface area (TPSA) is 61.4 Å². The van der Waals surface area contributed by atoms with Gasteiger partial charge in [0, 0.05) is 18.7 Å². The molecule has 2 rings (SSSR count). The Kier molecular flexibility index (Phi) is 3.61. The molecule has 90 valence electrons. The Labute approximate surface area is 96.1 Å². The second-order valence-corrected chi connectivity index (χ2v) is 4.76. The lowest BCUT2D eigenvalue weighted by Crippen LogP contribution is -2.46. The number of carbonyl (C=O) groups is 1. The Hall–Kier alpha value is -0.870. The molecule has 3 N–H and O–H groups in total. The van der Waals surface area contributed by atoms with Crippen LogP contribution in [0.3, 0.4) is 0 Å². The van der Waals surface area contributed by atoms with Crippen LogP contribution >= 0.6 is 0 Å². The molecule has 1 amide bonds. The summed E-state index contributed by atoms with van der Waals surface area (Å²) in [6.07, 6.45) is 3.50. The lowest BCUT2D eigenvalue weighted by atomic mass is 9.92. The molecular formula is C12H20N2O2. The molecule has 4 nitrogen and oxygen atoms in total. The number of hydrogen-bond donors (Lipinski definition) is 3. The van der Waals surface area contributed by atoms with Crippen LogP contribution in [-0.2, 0) is 4.79 Å². The number of rotatable bonds is 2. The fourth-order valence-corrected chi connectivity index (χ4v) is 2.23. The van der Waals surface area contributed by atoms with E-state index in [0.717, 1.165) is 44.3 Å². The molecule has 1 heterocycles. The van der Waals surface area contributed by atoms with Crippen molar-refractivity contribution in [2.75, 3.05) is 13.1 Å². The third kappa shape index (κ3) is 2.44. The highest BCUT2D eigenvalue weighted by Crippen LogP contribution is 2.19. The minimum absolute atomic E-state index is 0.0116. The smallest absolute Gasteiger partial charge is 0.247 e. The van der Waals surface area contributed by atoms with Gasteiger partial charge in [-0.15, -0.1) is 0 Å². The van der Waals surface area contributed by atoms with E-state index in [-0.39, 0.29) is 18.1 Å². The molecule has 2 aliphatic rings. The van der Waals surface area contributed by atoms with E-state index in [1.807, 2.05) is 6.92 Å². The second-order valence-electron chi connectivity index (χ2n) is 4.76. The van der Waals surface area contributed by atoms with E-state index in [4.69, 9.17) is 0 Å². The van der Waals surface area contributed by atoms with Crippen LogP contribution in [0.15, 0.2) is 11.1 Å². The van der Waals surface area contributed by atoms with Crippen molar-refractivity contribution in [3.8, 4) is 0 Å². The Bertz CT molecular complexity index is 306. The maximum absolute atomic E-state index is 11.9. The van der Waals surface area contributed by atoms with Crippen LogP contribution in [0.2, 0.25) is 0 Å². The third-order valence-electron chi connectivity index (χ3n) is 3.59. The van der Waals surface area contributed by atoms with Gasteiger partial charge in [-0.25, -0.2) is 0 Å². The minimum atomic E-state index is -0.366. The summed E-state index contributed by atoms with van der Waals surface area (Å²) in [5, 5.41) is 15.8. The Morgan fingerprint density at radius 3 is 2.62 bits per heavy atom. The molecule has 2 fully saturated rings. The van der Waals surface area contributed by atoms with Crippen molar-refractivity contribution in [3.05, 3.63) is 11.1 Å². The normalized spacial score (nSPS) is 29.5. The first-order chi connectivity index (χ1) is 7.68. The molecule has 0 bridgehead atoms. The lowest BCUT2D eigenvalue weighted by Gasteiger charge is -2.29. The van der Waals surface area contributed by atoms with Gasteiger partial charge in [-0.3, -0.25) is 4.79 Å². The number of hydrogen-bond acceptors (Lipinski definition) is 3. The first-order valence-electron chi connectivity index (χ1n) is 6.07. The van der Waals surface area contributed by atoms with Gasteiger partial charge in [-0.05, 0) is 25.3 Å². The van der Waals surface area contributed by atoms with Crippen LogP contribution in [0.4, 0.5) is 0 Å². The zero-order valence-corrected chi connectivity index (χ0v) is 9.75. The Morgan fingerprint density at radius 2 is 2.06 bits per heavy atom. The quantitative estimate of drug-likeness (QED) is 0.592. The summed E-state index contributed by atoms with van der Waals surface area (Å²) in [6, 6.07) is -0.0511. The summed E-state index contributed by atoms with van der Waals surface area (Å²) in [5.74, 6) is -0.0116. The van der Waals surface area contributed by atoms with Crippen molar-refractivity contribution in [2.24, 2.45) is 0 Å². The van der Waals surface area contributed by atoms with Crippen molar-refractivity contribution in [1.29, 1.82) is 0 Å². The van der Waals surface area contributed by atoms with Gasteiger partial charge in [0.05, 0.1) is 12.1 Å². The van der Waals surface area contributed by atoms with Gasteiger partial charge in [0.2, 0.25) is 5.91 Å². The van der Waals surface area contributed by atoms with Crippen molar-refractivity contribution in [1.82, 2.24) is 10.6 Å². The van der Waals surface area contributed by atoms with Gasteiger partial charge in [-0.1, -0.05) is 12.8 Å². The van der Waals surface area contributed by atoms with Crippen molar-refractivity contribution in [2.45, 2.75) is 44.8 Å². The average Bonchev–Trinajstić information content (AvgIpc) is 2.18. The first-order valence-corrected chi connectivity index (χ1v) is 6.07. The third-order valence-corrected chi connectivity index (χ3v) is 3.59. The molecule has 0 spiro atoms. The van der Waals surface area contributed by atoms with E-state index >= 15 is 0 Å². The summed E-state index contributed by atoms with van der Waals surface area (Å²) >= 11 is 0. The van der Waals surface area contributed by atoms with E-state index < -0.39 is 0 Å². The zero-order chi connectivity index (χ0) is 11.5. The molecule has 1 aliphatic heterocycles. The Balaban J connectivity index is 1.91. The summed E-state index contributed by atoms with van der Waals surface area (Å²) in [5.41, 5.74) is 2.00. The molecule has 1 saturated heterocycles. The van der Waals surface area contributed by atoms with Gasteiger partial charge in [0.1, 0.15) is 0 Å². The summed E-state index contributed by atoms with van der Waals surface area (Å²) in [4.78, 5) is 11.9. The summed E-state index contributed by atoms with van der Waals surface area (Å²) < 4.78 is 0. The van der Waals surface area contributed by atoms with Crippen LogP contribution in [-0.4, -0.2) is 36.2 Å². The molecule has 1 aliphatic carbocycles. The van der Waals surface area contributed by atoms with Crippen LogP contribution in [0.25, 0.3) is 0 Å². The number of carbonyl (C=O) groups excluding carboxylic acids is 1. The molecule has 16 heavy (non-hydrogen) atoms. The standard InChI is InChI=1S/C12H20N2O2/c1-8(9-6-13-7-9)12(16)14-10-4-2-3-5-11(10)15/h10-11,13,15H,2-7H2,1H3,(H,14,16)/t10-,11-/m0/s1. The van der Waals surface area contributed by atoms with Crippen LogP contribution in [0.1, 0.15) is 32.6 Å². The highest BCUT2D eigenvalue weighted by molar-refractivity contribution is 5.94. The Morgan fingerprint density at radius 1 is 1.38 bits per heavy atom. The molecule has 0 aromatic heterocycles. The SMILES string of the molecule is CC(C(=O)N[C@H]1CCCC[C@@H]1O)=C1CNC1. The highest BCUT2D eigenvalue weighted by Gasteiger charge is 2.25. The number of amides is 1. The number of aliphatic hydroxyl groups excluding tert-OH is 1. The van der Waals surface area contributed by atoms with Crippen molar-refractivity contribution >= 4 is 5.91 Å². The number of nitrogens with one attached hydrogen (secondary N) is 2. The van der Waals surface area contributed by atoms with Gasteiger partial charge in [0.15, 0.2) is 0 Å². The molecule has 4 heteroatoms. The maximum atomic E-state index is 11.9. The van der Waals surface area contributed by atoms with E-state index in [1.165, 1.54) is 5.57 Å². The summed E-state index contributed by atoms with van der Waals surface area (Å²) in [6.45, 7) is 3.51. The molecular weight excluding hydrogens is 204 g/mol. The molecule has 0 aromatic carbocycles. The van der Waals surface area contributed by atoms with Crippen LogP contribution in [0.5, 0.6) is 0 Å². The lowest BCUT2D eigenvalue weighted by molar-refractivity contribution is -0.119. The van der Waals surface area contributed by atoms with Gasteiger partial charge in [0.25, 0.3) is 0 Å². The molecule has 0 radical (unpaired) electrons. The van der Waals surface area contributed by atoms with Gasteiger partial charge >= 0.3 is 0 Å². The predicted molar refractivity (Wildman–Crippen MR) is 62.0 cm³/mol. The zero-order valence-electron chi connectivity index (χ0n) is 9.75. The van der Waals surface area contributed by atoms with Gasteiger partial charge in [-0.2, -0.15) is 0 Å². The monoisotopic (exact) mass is 224 g/mol. The molecule has 1 saturated carbocycles. The van der Waals surface area contributed by atoms with Crippen molar-refractivity contribution < 1.29 is 9.90 Å². The highest BCUT2D eigenvalue weighted by atomic mass is 16.3. The van der Waals surface area contributed by atoms with E-state index in [1.54, 1.807) is 0 Å². The van der Waals surface area contributed by atoms with E-state index in [9.17, 15) is 9.90 Å². The second kappa shape index (κ2) is 4.97. The summed E-state index contributed by atoms with van der Waals surface area (Å²) in [7, 11) is 0. The van der Waals surface area contributed by atoms with Crippen LogP contribution in [0, 0.1) is 0 Å². The van der Waals surface area contributed by atoms with E-state index in [0.29, 0.717) is 0 Å². The minimum Gasteiger partial charge on any atom is -0.391 e. The predicted octanol–water partition coefficient (Wildman–Crippen LogP) is 0.326. The average molecular weight is 224 g/mol. The largest absolute Gasteiger partial charge is 0.391 e. The van der Waals surface area contributed by atoms with Gasteiger partial charge < -0.3 is 15.7 Å². The fourth-order valence-electron chi connectivity index (χ4n) is 2.23. The van der Waals surface area contributed by atoms with Crippen LogP contribution < -0.4 is 10.6 Å². The number of aliphatic hydroxyl groups is 1. The molecule has 0 aromatic rings. The first kappa shape index (κ1) is 11.6. The maximum Gasteiger partial charge on any atom is 0.247 e.